The number of benzene rings is 2. The molecule has 0 bridgehead atoms. The standard InChI is InChI=1S/C23H23FN4O2/c1-15-2-4-16(5-3-15)12-21(29)28-11-10-20-19(14-28)22(27-26-20)23(30)25-13-17-6-8-18(24)9-7-17/h2-9H,10-14H2,1H3,(H,25,30)(H,26,27). The van der Waals surface area contributed by atoms with E-state index in [1.807, 2.05) is 31.2 Å². The third-order valence-corrected chi connectivity index (χ3v) is 5.34. The molecule has 2 N–H and O–H groups in total. The smallest absolute Gasteiger partial charge is 0.272 e. The Morgan fingerprint density at radius 2 is 1.80 bits per heavy atom. The van der Waals surface area contributed by atoms with Crippen molar-refractivity contribution in [2.75, 3.05) is 6.54 Å². The minimum atomic E-state index is -0.318. The summed E-state index contributed by atoms with van der Waals surface area (Å²) in [5.74, 6) is -0.602. The Kier molecular flexibility index (Phi) is 5.61. The van der Waals surface area contributed by atoms with Gasteiger partial charge in [-0.1, -0.05) is 42.0 Å². The van der Waals surface area contributed by atoms with Crippen molar-refractivity contribution in [1.29, 1.82) is 0 Å². The first-order valence-corrected chi connectivity index (χ1v) is 9.91. The molecule has 0 radical (unpaired) electrons. The molecule has 0 unspecified atom stereocenters. The molecule has 1 aliphatic rings. The number of hydrogen-bond acceptors (Lipinski definition) is 3. The van der Waals surface area contributed by atoms with Gasteiger partial charge in [-0.3, -0.25) is 14.7 Å². The van der Waals surface area contributed by atoms with Crippen LogP contribution < -0.4 is 5.32 Å². The van der Waals surface area contributed by atoms with Gasteiger partial charge >= 0.3 is 0 Å². The zero-order valence-corrected chi connectivity index (χ0v) is 16.7. The minimum Gasteiger partial charge on any atom is -0.347 e. The van der Waals surface area contributed by atoms with Crippen LogP contribution in [0, 0.1) is 12.7 Å². The number of hydrogen-bond donors (Lipinski definition) is 2. The third-order valence-electron chi connectivity index (χ3n) is 5.34. The molecule has 6 nitrogen and oxygen atoms in total. The van der Waals surface area contributed by atoms with E-state index in [1.54, 1.807) is 17.0 Å². The molecular weight excluding hydrogens is 383 g/mol. The fourth-order valence-corrected chi connectivity index (χ4v) is 3.56. The van der Waals surface area contributed by atoms with Crippen molar-refractivity contribution in [3.8, 4) is 0 Å². The lowest BCUT2D eigenvalue weighted by Gasteiger charge is -2.27. The lowest BCUT2D eigenvalue weighted by molar-refractivity contribution is -0.131. The fraction of sp³-hybridized carbons (Fsp3) is 0.261. The monoisotopic (exact) mass is 406 g/mol. The molecule has 154 valence electrons. The molecule has 0 fully saturated rings. The molecule has 30 heavy (non-hydrogen) atoms. The van der Waals surface area contributed by atoms with Gasteiger partial charge in [-0.05, 0) is 30.2 Å². The molecule has 2 aromatic carbocycles. The van der Waals surface area contributed by atoms with Crippen LogP contribution in [-0.4, -0.2) is 33.5 Å². The maximum atomic E-state index is 13.0. The normalized spacial score (nSPS) is 13.1. The predicted octanol–water partition coefficient (Wildman–Crippen LogP) is 2.91. The number of halogens is 1. The van der Waals surface area contributed by atoms with E-state index in [1.165, 1.54) is 12.1 Å². The van der Waals surface area contributed by atoms with Crippen molar-refractivity contribution in [2.45, 2.75) is 32.9 Å². The van der Waals surface area contributed by atoms with E-state index in [2.05, 4.69) is 15.5 Å². The molecule has 1 aromatic heterocycles. The van der Waals surface area contributed by atoms with Crippen molar-refractivity contribution in [1.82, 2.24) is 20.4 Å². The predicted molar refractivity (Wildman–Crippen MR) is 110 cm³/mol. The van der Waals surface area contributed by atoms with Crippen molar-refractivity contribution in [2.24, 2.45) is 0 Å². The zero-order valence-electron chi connectivity index (χ0n) is 16.7. The van der Waals surface area contributed by atoms with Gasteiger partial charge < -0.3 is 10.2 Å². The number of amides is 2. The van der Waals surface area contributed by atoms with Crippen LogP contribution in [0.2, 0.25) is 0 Å². The second kappa shape index (κ2) is 8.49. The number of nitrogens with one attached hydrogen (secondary N) is 2. The van der Waals surface area contributed by atoms with E-state index < -0.39 is 0 Å². The van der Waals surface area contributed by atoms with Crippen LogP contribution in [0.4, 0.5) is 4.39 Å². The van der Waals surface area contributed by atoms with Gasteiger partial charge in [-0.15, -0.1) is 0 Å². The number of rotatable bonds is 5. The van der Waals surface area contributed by atoms with Crippen molar-refractivity contribution >= 4 is 11.8 Å². The molecular formula is C23H23FN4O2. The SMILES string of the molecule is Cc1ccc(CC(=O)N2CCc3[nH]nc(C(=O)NCc4ccc(F)cc4)c3C2)cc1. The van der Waals surface area contributed by atoms with Crippen LogP contribution in [-0.2, 0) is 30.7 Å². The summed E-state index contributed by atoms with van der Waals surface area (Å²) < 4.78 is 13.0. The van der Waals surface area contributed by atoms with Gasteiger partial charge in [0.05, 0.1) is 6.42 Å². The molecule has 2 amide bonds. The Morgan fingerprint density at radius 3 is 2.53 bits per heavy atom. The van der Waals surface area contributed by atoms with E-state index in [4.69, 9.17) is 0 Å². The fourth-order valence-electron chi connectivity index (χ4n) is 3.56. The summed E-state index contributed by atoms with van der Waals surface area (Å²) in [7, 11) is 0. The van der Waals surface area contributed by atoms with Crippen LogP contribution in [0.15, 0.2) is 48.5 Å². The molecule has 0 atom stereocenters. The maximum absolute atomic E-state index is 13.0. The summed E-state index contributed by atoms with van der Waals surface area (Å²) in [6.45, 7) is 3.24. The number of carbonyl (C=O) groups is 2. The lowest BCUT2D eigenvalue weighted by Crippen LogP contribution is -2.37. The van der Waals surface area contributed by atoms with Gasteiger partial charge in [-0.25, -0.2) is 4.39 Å². The van der Waals surface area contributed by atoms with Gasteiger partial charge in [0, 0.05) is 37.3 Å². The summed E-state index contributed by atoms with van der Waals surface area (Å²) in [5.41, 5.74) is 4.88. The number of carbonyl (C=O) groups excluding carboxylic acids is 2. The van der Waals surface area contributed by atoms with E-state index in [9.17, 15) is 14.0 Å². The van der Waals surface area contributed by atoms with Gasteiger partial charge in [-0.2, -0.15) is 5.10 Å². The topological polar surface area (TPSA) is 78.1 Å². The minimum absolute atomic E-state index is 0.0309. The Bertz CT molecular complexity index is 1060. The second-order valence-electron chi connectivity index (χ2n) is 7.57. The highest BCUT2D eigenvalue weighted by Crippen LogP contribution is 2.21. The summed E-state index contributed by atoms with van der Waals surface area (Å²) in [5, 5.41) is 9.92. The quantitative estimate of drug-likeness (QED) is 0.684. The van der Waals surface area contributed by atoms with Crippen molar-refractivity contribution in [3.05, 3.63) is 88.0 Å². The number of aromatic nitrogens is 2. The average Bonchev–Trinajstić information content (AvgIpc) is 3.18. The molecule has 0 aliphatic carbocycles. The molecule has 0 spiro atoms. The first kappa shape index (κ1) is 19.8. The maximum Gasteiger partial charge on any atom is 0.272 e. The van der Waals surface area contributed by atoms with Gasteiger partial charge in [0.1, 0.15) is 5.82 Å². The van der Waals surface area contributed by atoms with E-state index in [0.29, 0.717) is 31.6 Å². The van der Waals surface area contributed by atoms with Gasteiger partial charge in [0.25, 0.3) is 5.91 Å². The van der Waals surface area contributed by atoms with Crippen LogP contribution in [0.5, 0.6) is 0 Å². The Labute approximate surface area is 174 Å². The van der Waals surface area contributed by atoms with Crippen LogP contribution in [0.1, 0.15) is 38.4 Å². The summed E-state index contributed by atoms with van der Waals surface area (Å²) in [6.07, 6.45) is 0.965. The number of fused-ring (bicyclic) bond motifs is 1. The lowest BCUT2D eigenvalue weighted by atomic mass is 10.0. The molecule has 4 rings (SSSR count). The largest absolute Gasteiger partial charge is 0.347 e. The van der Waals surface area contributed by atoms with Crippen LogP contribution in [0.25, 0.3) is 0 Å². The Morgan fingerprint density at radius 1 is 1.10 bits per heavy atom. The summed E-state index contributed by atoms with van der Waals surface area (Å²) in [6, 6.07) is 13.9. The zero-order chi connectivity index (χ0) is 21.1. The first-order chi connectivity index (χ1) is 14.5. The highest BCUT2D eigenvalue weighted by Gasteiger charge is 2.27. The van der Waals surface area contributed by atoms with Crippen molar-refractivity contribution < 1.29 is 14.0 Å². The van der Waals surface area contributed by atoms with Gasteiger partial charge in [0.2, 0.25) is 5.91 Å². The van der Waals surface area contributed by atoms with E-state index in [0.717, 1.165) is 27.9 Å². The van der Waals surface area contributed by atoms with Crippen LogP contribution >= 0.6 is 0 Å². The molecule has 1 aliphatic heterocycles. The number of nitrogens with zero attached hydrogens (tertiary/aromatic N) is 2. The Balaban J connectivity index is 1.41. The van der Waals surface area contributed by atoms with Crippen LogP contribution in [0.3, 0.4) is 0 Å². The number of aromatic amines is 1. The second-order valence-corrected chi connectivity index (χ2v) is 7.57. The summed E-state index contributed by atoms with van der Waals surface area (Å²) >= 11 is 0. The number of aryl methyl sites for hydroxylation is 1. The molecule has 0 saturated heterocycles. The van der Waals surface area contributed by atoms with Gasteiger partial charge in [0.15, 0.2) is 5.69 Å². The molecule has 0 saturated carbocycles. The van der Waals surface area contributed by atoms with E-state index >= 15 is 0 Å². The highest BCUT2D eigenvalue weighted by molar-refractivity contribution is 5.94. The Hall–Kier alpha value is -3.48. The number of H-pyrrole nitrogens is 1. The highest BCUT2D eigenvalue weighted by atomic mass is 19.1. The molecule has 3 aromatic rings. The third kappa shape index (κ3) is 4.40. The molecule has 2 heterocycles. The first-order valence-electron chi connectivity index (χ1n) is 9.91. The molecule has 7 heteroatoms. The summed E-state index contributed by atoms with van der Waals surface area (Å²) in [4.78, 5) is 27.2. The average molecular weight is 406 g/mol. The van der Waals surface area contributed by atoms with E-state index in [-0.39, 0.29) is 24.2 Å². The van der Waals surface area contributed by atoms with Crippen molar-refractivity contribution in [3.63, 3.8) is 0 Å².